The topological polar surface area (TPSA) is 32.3 Å². The molecule has 2 aromatic carbocycles. The van der Waals surface area contributed by atoms with Crippen molar-refractivity contribution in [2.45, 2.75) is 37.6 Å². The van der Waals surface area contributed by atoms with Gasteiger partial charge in [0.2, 0.25) is 0 Å². The van der Waals surface area contributed by atoms with Gasteiger partial charge in [-0.05, 0) is 48.3 Å². The van der Waals surface area contributed by atoms with E-state index in [0.717, 1.165) is 19.4 Å². The summed E-state index contributed by atoms with van der Waals surface area (Å²) in [6.07, 6.45) is 4.32. The monoisotopic (exact) mass is 295 g/mol. The molecule has 2 aromatic rings. The summed E-state index contributed by atoms with van der Waals surface area (Å²) in [7, 11) is 0. The molecule has 2 N–H and O–H groups in total. The van der Waals surface area contributed by atoms with Crippen molar-refractivity contribution in [1.29, 1.82) is 0 Å². The van der Waals surface area contributed by atoms with Crippen LogP contribution in [0.1, 0.15) is 35.4 Å². The van der Waals surface area contributed by atoms with Gasteiger partial charge in [-0.25, -0.2) is 0 Å². The summed E-state index contributed by atoms with van der Waals surface area (Å²) in [6, 6.07) is 19.9. The summed E-state index contributed by atoms with van der Waals surface area (Å²) in [5.41, 5.74) is 4.32. The normalized spacial score (nSPS) is 18.7. The van der Waals surface area contributed by atoms with Gasteiger partial charge in [-0.15, -0.1) is 0 Å². The number of rotatable bonds is 6. The van der Waals surface area contributed by atoms with Crippen LogP contribution in [0, 0.1) is 0 Å². The third-order valence-corrected chi connectivity index (χ3v) is 4.75. The molecule has 0 fully saturated rings. The number of aryl methyl sites for hydroxylation is 1. The molecule has 0 aliphatic heterocycles. The van der Waals surface area contributed by atoms with Crippen molar-refractivity contribution in [2.24, 2.45) is 0 Å². The lowest BCUT2D eigenvalue weighted by Gasteiger charge is -2.27. The highest BCUT2D eigenvalue weighted by molar-refractivity contribution is 5.30. The van der Waals surface area contributed by atoms with Crippen molar-refractivity contribution >= 4 is 0 Å². The SMILES string of the molecule is OCCC(CNC1CCc2ccccc2C1)c1ccccc1. The number of nitrogens with one attached hydrogen (secondary N) is 1. The average Bonchev–Trinajstić information content (AvgIpc) is 2.59. The molecule has 0 aromatic heterocycles. The van der Waals surface area contributed by atoms with E-state index in [1.807, 2.05) is 6.07 Å². The number of aliphatic hydroxyl groups is 1. The van der Waals surface area contributed by atoms with Gasteiger partial charge in [-0.3, -0.25) is 0 Å². The first kappa shape index (κ1) is 15.3. The van der Waals surface area contributed by atoms with E-state index >= 15 is 0 Å². The van der Waals surface area contributed by atoms with Gasteiger partial charge >= 0.3 is 0 Å². The third kappa shape index (κ3) is 3.76. The van der Waals surface area contributed by atoms with Gasteiger partial charge < -0.3 is 10.4 Å². The highest BCUT2D eigenvalue weighted by atomic mass is 16.3. The number of hydrogen-bond donors (Lipinski definition) is 2. The van der Waals surface area contributed by atoms with E-state index in [-0.39, 0.29) is 6.61 Å². The molecule has 0 heterocycles. The molecule has 1 aliphatic rings. The fourth-order valence-corrected chi connectivity index (χ4v) is 3.45. The lowest BCUT2D eigenvalue weighted by Crippen LogP contribution is -2.37. The zero-order chi connectivity index (χ0) is 15.2. The van der Waals surface area contributed by atoms with Crippen molar-refractivity contribution in [3.05, 3.63) is 71.3 Å². The number of hydrogen-bond acceptors (Lipinski definition) is 2. The number of benzene rings is 2. The molecule has 0 amide bonds. The van der Waals surface area contributed by atoms with Gasteiger partial charge in [0.15, 0.2) is 0 Å². The van der Waals surface area contributed by atoms with Crippen LogP contribution in [0.25, 0.3) is 0 Å². The quantitative estimate of drug-likeness (QED) is 0.857. The minimum Gasteiger partial charge on any atom is -0.396 e. The fraction of sp³-hybridized carbons (Fsp3) is 0.400. The molecule has 116 valence electrons. The Morgan fingerprint density at radius 3 is 2.50 bits per heavy atom. The van der Waals surface area contributed by atoms with Crippen molar-refractivity contribution in [3.8, 4) is 0 Å². The van der Waals surface area contributed by atoms with E-state index in [2.05, 4.69) is 53.8 Å². The summed E-state index contributed by atoms with van der Waals surface area (Å²) < 4.78 is 0. The molecule has 2 nitrogen and oxygen atoms in total. The second-order valence-corrected chi connectivity index (χ2v) is 6.24. The molecule has 2 atom stereocenters. The van der Waals surface area contributed by atoms with Crippen molar-refractivity contribution < 1.29 is 5.11 Å². The standard InChI is InChI=1S/C20H25NO/c22-13-12-19(16-6-2-1-3-7-16)15-21-20-11-10-17-8-4-5-9-18(17)14-20/h1-9,19-22H,10-15H2. The second-order valence-electron chi connectivity index (χ2n) is 6.24. The molecular weight excluding hydrogens is 270 g/mol. The summed E-state index contributed by atoms with van der Waals surface area (Å²) >= 11 is 0. The number of aliphatic hydroxyl groups excluding tert-OH is 1. The Labute approximate surface area is 133 Å². The van der Waals surface area contributed by atoms with E-state index in [1.165, 1.54) is 29.5 Å². The highest BCUT2D eigenvalue weighted by Gasteiger charge is 2.19. The van der Waals surface area contributed by atoms with Gasteiger partial charge in [0.1, 0.15) is 0 Å². The summed E-state index contributed by atoms with van der Waals surface area (Å²) in [5, 5.41) is 13.1. The minimum absolute atomic E-state index is 0.245. The van der Waals surface area contributed by atoms with Crippen LogP contribution in [0.3, 0.4) is 0 Å². The van der Waals surface area contributed by atoms with Crippen LogP contribution in [-0.2, 0) is 12.8 Å². The predicted octanol–water partition coefficient (Wildman–Crippen LogP) is 3.30. The minimum atomic E-state index is 0.245. The molecule has 0 spiro atoms. The predicted molar refractivity (Wildman–Crippen MR) is 91.1 cm³/mol. The molecule has 0 saturated heterocycles. The maximum atomic E-state index is 9.34. The Hall–Kier alpha value is -1.64. The smallest absolute Gasteiger partial charge is 0.0437 e. The molecule has 1 aliphatic carbocycles. The average molecular weight is 295 g/mol. The van der Waals surface area contributed by atoms with Crippen LogP contribution in [0.4, 0.5) is 0 Å². The molecule has 3 rings (SSSR count). The van der Waals surface area contributed by atoms with Crippen molar-refractivity contribution in [2.75, 3.05) is 13.2 Å². The second kappa shape index (κ2) is 7.57. The first-order valence-corrected chi connectivity index (χ1v) is 8.33. The lowest BCUT2D eigenvalue weighted by atomic mass is 9.87. The van der Waals surface area contributed by atoms with E-state index in [9.17, 15) is 5.11 Å². The fourth-order valence-electron chi connectivity index (χ4n) is 3.45. The Kier molecular flexibility index (Phi) is 5.25. The Morgan fingerprint density at radius 2 is 1.73 bits per heavy atom. The van der Waals surface area contributed by atoms with Crippen LogP contribution in [0.15, 0.2) is 54.6 Å². The Morgan fingerprint density at radius 1 is 1.00 bits per heavy atom. The van der Waals surface area contributed by atoms with E-state index < -0.39 is 0 Å². The zero-order valence-corrected chi connectivity index (χ0v) is 13.0. The van der Waals surface area contributed by atoms with Crippen LogP contribution in [0.2, 0.25) is 0 Å². The molecular formula is C20H25NO. The van der Waals surface area contributed by atoms with Gasteiger partial charge in [-0.2, -0.15) is 0 Å². The first-order chi connectivity index (χ1) is 10.9. The molecule has 0 saturated carbocycles. The van der Waals surface area contributed by atoms with Crippen molar-refractivity contribution in [1.82, 2.24) is 5.32 Å². The van der Waals surface area contributed by atoms with Crippen LogP contribution < -0.4 is 5.32 Å². The maximum Gasteiger partial charge on any atom is 0.0437 e. The van der Waals surface area contributed by atoms with Crippen LogP contribution in [-0.4, -0.2) is 24.3 Å². The van der Waals surface area contributed by atoms with Gasteiger partial charge in [0.25, 0.3) is 0 Å². The van der Waals surface area contributed by atoms with Crippen LogP contribution >= 0.6 is 0 Å². The molecule has 0 bridgehead atoms. The van der Waals surface area contributed by atoms with E-state index in [0.29, 0.717) is 12.0 Å². The first-order valence-electron chi connectivity index (χ1n) is 8.33. The van der Waals surface area contributed by atoms with Crippen LogP contribution in [0.5, 0.6) is 0 Å². The zero-order valence-electron chi connectivity index (χ0n) is 13.0. The van der Waals surface area contributed by atoms with Gasteiger partial charge in [0.05, 0.1) is 0 Å². The van der Waals surface area contributed by atoms with Gasteiger partial charge in [0, 0.05) is 19.2 Å². The Balaban J connectivity index is 1.59. The largest absolute Gasteiger partial charge is 0.396 e. The van der Waals surface area contributed by atoms with E-state index in [1.54, 1.807) is 0 Å². The lowest BCUT2D eigenvalue weighted by molar-refractivity contribution is 0.271. The maximum absolute atomic E-state index is 9.34. The number of fused-ring (bicyclic) bond motifs is 1. The third-order valence-electron chi connectivity index (χ3n) is 4.75. The summed E-state index contributed by atoms with van der Waals surface area (Å²) in [4.78, 5) is 0. The Bertz CT molecular complexity index is 581. The van der Waals surface area contributed by atoms with E-state index in [4.69, 9.17) is 0 Å². The molecule has 2 heteroatoms. The summed E-state index contributed by atoms with van der Waals surface area (Å²) in [6.45, 7) is 1.19. The highest BCUT2D eigenvalue weighted by Crippen LogP contribution is 2.23. The van der Waals surface area contributed by atoms with Crippen molar-refractivity contribution in [3.63, 3.8) is 0 Å². The molecule has 0 radical (unpaired) electrons. The molecule has 2 unspecified atom stereocenters. The summed E-state index contributed by atoms with van der Waals surface area (Å²) in [5.74, 6) is 0.392. The van der Waals surface area contributed by atoms with Gasteiger partial charge in [-0.1, -0.05) is 54.6 Å². The molecule has 22 heavy (non-hydrogen) atoms.